The summed E-state index contributed by atoms with van der Waals surface area (Å²) in [4.78, 5) is 12.5. The Hall–Kier alpha value is -0.570. The first kappa shape index (κ1) is 11.4. The zero-order valence-electron chi connectivity index (χ0n) is 8.37. The lowest BCUT2D eigenvalue weighted by atomic mass is 9.99. The minimum atomic E-state index is -0.722. The minimum Gasteiger partial charge on any atom is -0.480 e. The molecule has 0 aromatic carbocycles. The molecular weight excluding hydrogens is 154 g/mol. The summed E-state index contributed by atoms with van der Waals surface area (Å²) in [6.07, 6.45) is 1.77. The summed E-state index contributed by atoms with van der Waals surface area (Å²) in [5.41, 5.74) is 0. The third-order valence-corrected chi connectivity index (χ3v) is 2.23. The van der Waals surface area contributed by atoms with E-state index >= 15 is 0 Å². The third-order valence-electron chi connectivity index (χ3n) is 2.23. The number of aliphatic carboxylic acids is 1. The van der Waals surface area contributed by atoms with E-state index in [0.29, 0.717) is 5.92 Å². The van der Waals surface area contributed by atoms with Gasteiger partial charge in [0.2, 0.25) is 0 Å². The Balaban J connectivity index is 4.05. The topological polar surface area (TPSA) is 40.5 Å². The maximum absolute atomic E-state index is 10.8. The first-order chi connectivity index (χ1) is 5.49. The second-order valence-corrected chi connectivity index (χ2v) is 3.57. The maximum atomic E-state index is 10.8. The molecule has 0 aromatic rings. The molecule has 0 rings (SSSR count). The SMILES string of the molecule is CCC(C)C[C@@H](C(=O)O)N(C)C. The van der Waals surface area contributed by atoms with Gasteiger partial charge in [0.15, 0.2) is 0 Å². The van der Waals surface area contributed by atoms with Crippen molar-refractivity contribution in [3.05, 3.63) is 0 Å². The lowest BCUT2D eigenvalue weighted by molar-refractivity contribution is -0.142. The molecule has 0 aliphatic carbocycles. The van der Waals surface area contributed by atoms with Crippen LogP contribution in [0.5, 0.6) is 0 Å². The minimum absolute atomic E-state index is 0.333. The molecule has 0 bridgehead atoms. The van der Waals surface area contributed by atoms with Gasteiger partial charge in [0.25, 0.3) is 0 Å². The van der Waals surface area contributed by atoms with Gasteiger partial charge in [-0.15, -0.1) is 0 Å². The molecule has 3 heteroatoms. The average Bonchev–Trinajstić information content (AvgIpc) is 1.98. The molecule has 0 aliphatic heterocycles. The van der Waals surface area contributed by atoms with Gasteiger partial charge in [-0.1, -0.05) is 20.3 Å². The summed E-state index contributed by atoms with van der Waals surface area (Å²) >= 11 is 0. The highest BCUT2D eigenvalue weighted by atomic mass is 16.4. The fourth-order valence-corrected chi connectivity index (χ4v) is 1.08. The molecule has 72 valence electrons. The van der Waals surface area contributed by atoms with Gasteiger partial charge < -0.3 is 5.11 Å². The van der Waals surface area contributed by atoms with E-state index in [0.717, 1.165) is 12.8 Å². The molecule has 1 unspecified atom stereocenters. The van der Waals surface area contributed by atoms with Gasteiger partial charge in [-0.05, 0) is 26.4 Å². The quantitative estimate of drug-likeness (QED) is 0.684. The van der Waals surface area contributed by atoms with Crippen LogP contribution < -0.4 is 0 Å². The van der Waals surface area contributed by atoms with E-state index in [1.165, 1.54) is 0 Å². The standard InChI is InChI=1S/C9H19NO2/c1-5-7(2)6-8(9(11)12)10(3)4/h7-8H,5-6H2,1-4H3,(H,11,12)/t7?,8-/m0/s1. The van der Waals surface area contributed by atoms with Crippen LogP contribution in [0.25, 0.3) is 0 Å². The fourth-order valence-electron chi connectivity index (χ4n) is 1.08. The largest absolute Gasteiger partial charge is 0.480 e. The highest BCUT2D eigenvalue weighted by molar-refractivity contribution is 5.73. The Morgan fingerprint density at radius 1 is 1.50 bits per heavy atom. The van der Waals surface area contributed by atoms with Gasteiger partial charge in [0.05, 0.1) is 0 Å². The van der Waals surface area contributed by atoms with Gasteiger partial charge >= 0.3 is 5.97 Å². The number of hydrogen-bond acceptors (Lipinski definition) is 2. The monoisotopic (exact) mass is 173 g/mol. The van der Waals surface area contributed by atoms with Crippen molar-refractivity contribution < 1.29 is 9.90 Å². The molecule has 0 radical (unpaired) electrons. The molecule has 2 atom stereocenters. The Labute approximate surface area is 74.4 Å². The van der Waals surface area contributed by atoms with Crippen molar-refractivity contribution in [3.63, 3.8) is 0 Å². The van der Waals surface area contributed by atoms with Crippen molar-refractivity contribution in [2.75, 3.05) is 14.1 Å². The fraction of sp³-hybridized carbons (Fsp3) is 0.889. The number of carboxylic acids is 1. The van der Waals surface area contributed by atoms with Crippen LogP contribution in [0.4, 0.5) is 0 Å². The first-order valence-corrected chi connectivity index (χ1v) is 4.38. The summed E-state index contributed by atoms with van der Waals surface area (Å²) in [6, 6.07) is -0.333. The Kier molecular flexibility index (Phi) is 4.90. The van der Waals surface area contributed by atoms with Gasteiger partial charge in [-0.2, -0.15) is 0 Å². The van der Waals surface area contributed by atoms with Crippen molar-refractivity contribution in [2.24, 2.45) is 5.92 Å². The van der Waals surface area contributed by atoms with E-state index in [-0.39, 0.29) is 6.04 Å². The van der Waals surface area contributed by atoms with Crippen LogP contribution >= 0.6 is 0 Å². The number of rotatable bonds is 5. The summed E-state index contributed by atoms with van der Waals surface area (Å²) in [5.74, 6) is -0.242. The molecular formula is C9H19NO2. The van der Waals surface area contributed by atoms with Gasteiger partial charge in [-0.25, -0.2) is 0 Å². The molecule has 0 aromatic heterocycles. The molecule has 0 spiro atoms. The summed E-state index contributed by atoms with van der Waals surface area (Å²) in [6.45, 7) is 4.17. The molecule has 0 fully saturated rings. The highest BCUT2D eigenvalue weighted by Crippen LogP contribution is 2.12. The number of hydrogen-bond donors (Lipinski definition) is 1. The predicted molar refractivity (Wildman–Crippen MR) is 49.2 cm³/mol. The zero-order valence-corrected chi connectivity index (χ0v) is 8.37. The lowest BCUT2D eigenvalue weighted by Crippen LogP contribution is -2.36. The van der Waals surface area contributed by atoms with E-state index in [2.05, 4.69) is 13.8 Å². The van der Waals surface area contributed by atoms with Crippen LogP contribution in [0, 0.1) is 5.92 Å². The Morgan fingerprint density at radius 2 is 2.00 bits per heavy atom. The smallest absolute Gasteiger partial charge is 0.320 e. The van der Waals surface area contributed by atoms with Crippen LogP contribution in [-0.4, -0.2) is 36.1 Å². The van der Waals surface area contributed by atoms with Crippen molar-refractivity contribution in [2.45, 2.75) is 32.7 Å². The van der Waals surface area contributed by atoms with Crippen LogP contribution in [0.1, 0.15) is 26.7 Å². The van der Waals surface area contributed by atoms with E-state index in [1.54, 1.807) is 19.0 Å². The molecule has 3 nitrogen and oxygen atoms in total. The number of nitrogens with zero attached hydrogens (tertiary/aromatic N) is 1. The van der Waals surface area contributed by atoms with E-state index < -0.39 is 5.97 Å². The van der Waals surface area contributed by atoms with Crippen molar-refractivity contribution in [1.29, 1.82) is 0 Å². The second kappa shape index (κ2) is 5.14. The van der Waals surface area contributed by atoms with E-state index in [1.807, 2.05) is 0 Å². The number of carboxylic acid groups (broad SMARTS) is 1. The molecule has 0 saturated heterocycles. The highest BCUT2D eigenvalue weighted by Gasteiger charge is 2.21. The zero-order chi connectivity index (χ0) is 9.72. The van der Waals surface area contributed by atoms with Crippen LogP contribution in [-0.2, 0) is 4.79 Å². The molecule has 1 N–H and O–H groups in total. The van der Waals surface area contributed by atoms with Gasteiger partial charge in [0, 0.05) is 0 Å². The average molecular weight is 173 g/mol. The maximum Gasteiger partial charge on any atom is 0.320 e. The van der Waals surface area contributed by atoms with Crippen molar-refractivity contribution in [1.82, 2.24) is 4.90 Å². The summed E-state index contributed by atoms with van der Waals surface area (Å²) < 4.78 is 0. The summed E-state index contributed by atoms with van der Waals surface area (Å²) in [7, 11) is 3.61. The molecule has 12 heavy (non-hydrogen) atoms. The molecule has 0 saturated carbocycles. The number of likely N-dealkylation sites (N-methyl/N-ethyl adjacent to an activating group) is 1. The van der Waals surface area contributed by atoms with Crippen LogP contribution in [0.3, 0.4) is 0 Å². The molecule has 0 heterocycles. The first-order valence-electron chi connectivity index (χ1n) is 4.38. The second-order valence-electron chi connectivity index (χ2n) is 3.57. The van der Waals surface area contributed by atoms with Crippen molar-refractivity contribution >= 4 is 5.97 Å². The van der Waals surface area contributed by atoms with E-state index in [4.69, 9.17) is 5.11 Å². The van der Waals surface area contributed by atoms with Gasteiger partial charge in [-0.3, -0.25) is 9.69 Å². The summed E-state index contributed by atoms with van der Waals surface area (Å²) in [5, 5.41) is 8.85. The molecule has 0 aliphatic rings. The lowest BCUT2D eigenvalue weighted by Gasteiger charge is -2.22. The van der Waals surface area contributed by atoms with E-state index in [9.17, 15) is 4.79 Å². The normalized spacial score (nSPS) is 16.1. The Morgan fingerprint density at radius 3 is 2.25 bits per heavy atom. The van der Waals surface area contributed by atoms with Crippen LogP contribution in [0.15, 0.2) is 0 Å². The van der Waals surface area contributed by atoms with Gasteiger partial charge in [0.1, 0.15) is 6.04 Å². The number of carbonyl (C=O) groups is 1. The van der Waals surface area contributed by atoms with Crippen LogP contribution in [0.2, 0.25) is 0 Å². The van der Waals surface area contributed by atoms with Crippen molar-refractivity contribution in [3.8, 4) is 0 Å². The predicted octanol–water partition coefficient (Wildman–Crippen LogP) is 1.44. The third kappa shape index (κ3) is 3.72. The Bertz CT molecular complexity index is 145. The molecule has 0 amide bonds.